The summed E-state index contributed by atoms with van der Waals surface area (Å²) in [5.74, 6) is 1.53. The largest absolute Gasteiger partial charge is 0.497 e. The van der Waals surface area contributed by atoms with E-state index in [0.717, 1.165) is 16.2 Å². The van der Waals surface area contributed by atoms with Gasteiger partial charge in [0.05, 0.1) is 12.9 Å². The number of carbonyl (C=O) groups is 1. The molecule has 0 spiro atoms. The fourth-order valence-corrected chi connectivity index (χ4v) is 3.47. The SMILES string of the molecule is COc1cccc(-c2nc3cc(NC(=O)CSc4ccccc4)ccc3o2)c1. The zero-order chi connectivity index (χ0) is 19.3. The van der Waals surface area contributed by atoms with E-state index < -0.39 is 0 Å². The first-order valence-electron chi connectivity index (χ1n) is 8.74. The van der Waals surface area contributed by atoms with E-state index in [1.165, 1.54) is 11.8 Å². The second-order valence-corrected chi connectivity index (χ2v) is 7.13. The normalized spacial score (nSPS) is 10.8. The number of amides is 1. The molecule has 1 N–H and O–H groups in total. The molecular weight excluding hydrogens is 372 g/mol. The van der Waals surface area contributed by atoms with Crippen molar-refractivity contribution >= 4 is 34.5 Å². The Kier molecular flexibility index (Phi) is 5.30. The van der Waals surface area contributed by atoms with Gasteiger partial charge < -0.3 is 14.5 Å². The first-order valence-corrected chi connectivity index (χ1v) is 9.72. The van der Waals surface area contributed by atoms with Crippen LogP contribution in [0.1, 0.15) is 0 Å². The molecule has 0 saturated carbocycles. The third-order valence-electron chi connectivity index (χ3n) is 4.10. The fraction of sp³-hybridized carbons (Fsp3) is 0.0909. The molecule has 140 valence electrons. The van der Waals surface area contributed by atoms with Crippen molar-refractivity contribution in [2.24, 2.45) is 0 Å². The van der Waals surface area contributed by atoms with Crippen LogP contribution in [-0.4, -0.2) is 23.8 Å². The van der Waals surface area contributed by atoms with Crippen molar-refractivity contribution in [2.75, 3.05) is 18.2 Å². The molecule has 0 atom stereocenters. The van der Waals surface area contributed by atoms with E-state index >= 15 is 0 Å². The maximum absolute atomic E-state index is 12.2. The molecule has 0 bridgehead atoms. The highest BCUT2D eigenvalue weighted by molar-refractivity contribution is 8.00. The zero-order valence-electron chi connectivity index (χ0n) is 15.2. The lowest BCUT2D eigenvalue weighted by Gasteiger charge is -2.04. The number of fused-ring (bicyclic) bond motifs is 1. The third-order valence-corrected chi connectivity index (χ3v) is 5.11. The maximum Gasteiger partial charge on any atom is 0.234 e. The van der Waals surface area contributed by atoms with E-state index in [9.17, 15) is 4.79 Å². The van der Waals surface area contributed by atoms with Crippen LogP contribution in [0.2, 0.25) is 0 Å². The van der Waals surface area contributed by atoms with E-state index in [2.05, 4.69) is 10.3 Å². The Balaban J connectivity index is 1.47. The van der Waals surface area contributed by atoms with Gasteiger partial charge in [0.2, 0.25) is 11.8 Å². The molecule has 1 heterocycles. The average molecular weight is 390 g/mol. The molecule has 0 saturated heterocycles. The summed E-state index contributed by atoms with van der Waals surface area (Å²) in [6, 6.07) is 22.8. The van der Waals surface area contributed by atoms with E-state index in [-0.39, 0.29) is 5.91 Å². The van der Waals surface area contributed by atoms with Gasteiger partial charge in [-0.25, -0.2) is 4.98 Å². The summed E-state index contributed by atoms with van der Waals surface area (Å²) in [6.45, 7) is 0. The number of nitrogens with one attached hydrogen (secondary N) is 1. The second-order valence-electron chi connectivity index (χ2n) is 6.08. The molecule has 0 fully saturated rings. The summed E-state index contributed by atoms with van der Waals surface area (Å²) in [6.07, 6.45) is 0. The molecule has 0 aliphatic heterocycles. The summed E-state index contributed by atoms with van der Waals surface area (Å²) < 4.78 is 11.1. The molecule has 4 aromatic rings. The Bertz CT molecular complexity index is 1110. The number of anilines is 1. The van der Waals surface area contributed by atoms with Crippen LogP contribution in [0.25, 0.3) is 22.6 Å². The summed E-state index contributed by atoms with van der Waals surface area (Å²) in [5.41, 5.74) is 2.87. The zero-order valence-corrected chi connectivity index (χ0v) is 16.0. The van der Waals surface area contributed by atoms with Crippen molar-refractivity contribution < 1.29 is 13.9 Å². The number of rotatable bonds is 6. The van der Waals surface area contributed by atoms with Gasteiger partial charge >= 0.3 is 0 Å². The van der Waals surface area contributed by atoms with Crippen molar-refractivity contribution in [3.63, 3.8) is 0 Å². The number of aromatic nitrogens is 1. The van der Waals surface area contributed by atoms with Gasteiger partial charge in [-0.1, -0.05) is 24.3 Å². The Hall–Kier alpha value is -3.25. The second kappa shape index (κ2) is 8.19. The van der Waals surface area contributed by atoms with Gasteiger partial charge in [0.25, 0.3) is 0 Å². The number of ether oxygens (including phenoxy) is 1. The lowest BCUT2D eigenvalue weighted by Crippen LogP contribution is -2.13. The van der Waals surface area contributed by atoms with Gasteiger partial charge in [0.15, 0.2) is 5.58 Å². The molecular formula is C22H18N2O3S. The topological polar surface area (TPSA) is 64.4 Å². The Morgan fingerprint density at radius 1 is 1.07 bits per heavy atom. The fourth-order valence-electron chi connectivity index (χ4n) is 2.75. The molecule has 0 aliphatic rings. The third kappa shape index (κ3) is 4.18. The maximum atomic E-state index is 12.2. The molecule has 5 nitrogen and oxygen atoms in total. The van der Waals surface area contributed by atoms with Crippen molar-refractivity contribution in [1.82, 2.24) is 4.98 Å². The van der Waals surface area contributed by atoms with Crippen LogP contribution in [0.3, 0.4) is 0 Å². The summed E-state index contributed by atoms with van der Waals surface area (Å²) >= 11 is 1.50. The van der Waals surface area contributed by atoms with Crippen molar-refractivity contribution in [3.8, 4) is 17.2 Å². The van der Waals surface area contributed by atoms with Gasteiger partial charge in [-0.15, -0.1) is 11.8 Å². The van der Waals surface area contributed by atoms with Gasteiger partial charge in [0.1, 0.15) is 11.3 Å². The lowest BCUT2D eigenvalue weighted by molar-refractivity contribution is -0.113. The number of hydrogen-bond donors (Lipinski definition) is 1. The standard InChI is InChI=1S/C22H18N2O3S/c1-26-17-7-5-6-15(12-17)22-24-19-13-16(10-11-20(19)27-22)23-21(25)14-28-18-8-3-2-4-9-18/h2-13H,14H2,1H3,(H,23,25). The van der Waals surface area contributed by atoms with Crippen LogP contribution in [0.5, 0.6) is 5.75 Å². The molecule has 4 rings (SSSR count). The van der Waals surface area contributed by atoms with Gasteiger partial charge in [-0.05, 0) is 48.5 Å². The predicted molar refractivity (Wildman–Crippen MR) is 112 cm³/mol. The quantitative estimate of drug-likeness (QED) is 0.457. The molecule has 6 heteroatoms. The molecule has 3 aromatic carbocycles. The van der Waals surface area contributed by atoms with Crippen LogP contribution in [-0.2, 0) is 4.79 Å². The van der Waals surface area contributed by atoms with E-state index in [4.69, 9.17) is 9.15 Å². The summed E-state index contributed by atoms with van der Waals surface area (Å²) in [7, 11) is 1.62. The van der Waals surface area contributed by atoms with Crippen molar-refractivity contribution in [2.45, 2.75) is 4.90 Å². The number of hydrogen-bond acceptors (Lipinski definition) is 5. The van der Waals surface area contributed by atoms with E-state index in [1.54, 1.807) is 7.11 Å². The van der Waals surface area contributed by atoms with Crippen LogP contribution >= 0.6 is 11.8 Å². The van der Waals surface area contributed by atoms with Crippen molar-refractivity contribution in [1.29, 1.82) is 0 Å². The molecule has 0 aliphatic carbocycles. The number of thioether (sulfide) groups is 1. The smallest absolute Gasteiger partial charge is 0.234 e. The molecule has 1 amide bonds. The first-order chi connectivity index (χ1) is 13.7. The number of oxazole rings is 1. The first kappa shape index (κ1) is 18.1. The molecule has 0 radical (unpaired) electrons. The van der Waals surface area contributed by atoms with E-state index in [0.29, 0.717) is 28.4 Å². The molecule has 28 heavy (non-hydrogen) atoms. The van der Waals surface area contributed by atoms with E-state index in [1.807, 2.05) is 72.8 Å². The van der Waals surface area contributed by atoms with Gasteiger partial charge in [-0.2, -0.15) is 0 Å². The number of benzene rings is 3. The highest BCUT2D eigenvalue weighted by atomic mass is 32.2. The minimum atomic E-state index is -0.0651. The number of methoxy groups -OCH3 is 1. The minimum absolute atomic E-state index is 0.0651. The van der Waals surface area contributed by atoms with Crippen LogP contribution in [0, 0.1) is 0 Å². The van der Waals surface area contributed by atoms with Crippen LogP contribution in [0.15, 0.2) is 82.1 Å². The highest BCUT2D eigenvalue weighted by Crippen LogP contribution is 2.28. The Labute approximate surface area is 166 Å². The minimum Gasteiger partial charge on any atom is -0.497 e. The Morgan fingerprint density at radius 2 is 1.93 bits per heavy atom. The Morgan fingerprint density at radius 3 is 2.75 bits per heavy atom. The van der Waals surface area contributed by atoms with Crippen LogP contribution in [0.4, 0.5) is 5.69 Å². The van der Waals surface area contributed by atoms with Gasteiger partial charge in [-0.3, -0.25) is 4.79 Å². The van der Waals surface area contributed by atoms with Crippen molar-refractivity contribution in [3.05, 3.63) is 72.8 Å². The van der Waals surface area contributed by atoms with Gasteiger partial charge in [0, 0.05) is 16.1 Å². The summed E-state index contributed by atoms with van der Waals surface area (Å²) in [5, 5.41) is 2.91. The predicted octanol–water partition coefficient (Wildman–Crippen LogP) is 5.23. The number of carbonyl (C=O) groups excluding carboxylic acids is 1. The average Bonchev–Trinajstić information content (AvgIpc) is 3.16. The lowest BCUT2D eigenvalue weighted by atomic mass is 10.2. The number of nitrogens with zero attached hydrogens (tertiary/aromatic N) is 1. The van der Waals surface area contributed by atoms with Crippen LogP contribution < -0.4 is 10.1 Å². The molecule has 0 unspecified atom stereocenters. The highest BCUT2D eigenvalue weighted by Gasteiger charge is 2.11. The molecule has 1 aromatic heterocycles. The summed E-state index contributed by atoms with van der Waals surface area (Å²) in [4.78, 5) is 17.8. The monoisotopic (exact) mass is 390 g/mol.